The van der Waals surface area contributed by atoms with Crippen LogP contribution in [0, 0.1) is 0 Å². The first-order valence-corrected chi connectivity index (χ1v) is 10.9. The molecule has 0 unspecified atom stereocenters. The highest BCUT2D eigenvalue weighted by molar-refractivity contribution is 6.18. The number of nitrogens with zero attached hydrogens (tertiary/aromatic N) is 6. The zero-order valence-electron chi connectivity index (χ0n) is 17.8. The highest BCUT2D eigenvalue weighted by atomic mass is 16.3. The molecule has 0 fully saturated rings. The largest absolute Gasteiger partial charge is 0.439 e. The molecule has 0 radical (unpaired) electrons. The summed E-state index contributed by atoms with van der Waals surface area (Å²) in [5, 5.41) is 1.90. The van der Waals surface area contributed by atoms with E-state index in [0.29, 0.717) is 23.3 Å². The number of fused-ring (bicyclic) bond motifs is 5. The quantitative estimate of drug-likeness (QED) is 0.343. The molecule has 7 nitrogen and oxygen atoms in total. The van der Waals surface area contributed by atoms with Crippen LogP contribution in [0.5, 0.6) is 0 Å². The lowest BCUT2D eigenvalue weighted by Crippen LogP contribution is -2.06. The lowest BCUT2D eigenvalue weighted by Gasteiger charge is -2.09. The number of rotatable bonds is 3. The molecule has 0 amide bonds. The minimum atomic E-state index is 0.446. The lowest BCUT2D eigenvalue weighted by molar-refractivity contribution is 0.641. The smallest absolute Gasteiger partial charge is 0.241 e. The minimum absolute atomic E-state index is 0.446. The summed E-state index contributed by atoms with van der Waals surface area (Å²) in [6.45, 7) is 0. The lowest BCUT2D eigenvalue weighted by atomic mass is 10.2. The molecule has 0 bridgehead atoms. The molecule has 0 aliphatic carbocycles. The van der Waals surface area contributed by atoms with Crippen LogP contribution in [0.2, 0.25) is 0 Å². The Morgan fingerprint density at radius 2 is 1.32 bits per heavy atom. The molecule has 3 aromatic carbocycles. The van der Waals surface area contributed by atoms with E-state index in [4.69, 9.17) is 19.4 Å². The van der Waals surface area contributed by atoms with Crippen molar-refractivity contribution < 1.29 is 4.42 Å². The van der Waals surface area contributed by atoms with Gasteiger partial charge in [0.15, 0.2) is 11.6 Å². The number of para-hydroxylation sites is 1. The molecule has 7 rings (SSSR count). The molecule has 0 atom stereocenters. The Hall–Kier alpha value is -4.91. The number of benzene rings is 3. The van der Waals surface area contributed by atoms with Crippen molar-refractivity contribution in [3.63, 3.8) is 0 Å². The summed E-state index contributed by atoms with van der Waals surface area (Å²) in [6.07, 6.45) is 3.31. The van der Waals surface area contributed by atoms with Gasteiger partial charge in [0, 0.05) is 16.5 Å². The third-order valence-electron chi connectivity index (χ3n) is 5.84. The third kappa shape index (κ3) is 2.80. The topological polar surface area (TPSA) is 82.5 Å². The Labute approximate surface area is 193 Å². The minimum Gasteiger partial charge on any atom is -0.439 e. The van der Waals surface area contributed by atoms with Crippen molar-refractivity contribution in [2.45, 2.75) is 0 Å². The Kier molecular flexibility index (Phi) is 4.01. The number of furan rings is 1. The van der Waals surface area contributed by atoms with Gasteiger partial charge in [-0.05, 0) is 6.07 Å². The van der Waals surface area contributed by atoms with Crippen LogP contribution in [0.1, 0.15) is 0 Å². The van der Waals surface area contributed by atoms with Crippen LogP contribution in [0.25, 0.3) is 61.8 Å². The molecule has 4 heterocycles. The fourth-order valence-electron chi connectivity index (χ4n) is 4.30. The van der Waals surface area contributed by atoms with Gasteiger partial charge < -0.3 is 4.42 Å². The van der Waals surface area contributed by atoms with Crippen LogP contribution < -0.4 is 0 Å². The van der Waals surface area contributed by atoms with Gasteiger partial charge in [-0.15, -0.1) is 0 Å². The first-order chi connectivity index (χ1) is 16.9. The van der Waals surface area contributed by atoms with Crippen molar-refractivity contribution in [1.29, 1.82) is 0 Å². The molecule has 0 saturated heterocycles. The van der Waals surface area contributed by atoms with Gasteiger partial charge in [0.2, 0.25) is 11.7 Å². The molecular formula is C27H16N6O. The number of aromatic nitrogens is 6. The number of hydrogen-bond donors (Lipinski definition) is 0. The molecule has 0 saturated carbocycles. The fourth-order valence-corrected chi connectivity index (χ4v) is 4.30. The Balaban J connectivity index is 1.59. The van der Waals surface area contributed by atoms with Crippen LogP contribution >= 0.6 is 0 Å². The summed E-state index contributed by atoms with van der Waals surface area (Å²) in [6, 6.07) is 27.7. The molecule has 34 heavy (non-hydrogen) atoms. The van der Waals surface area contributed by atoms with E-state index in [9.17, 15) is 0 Å². The van der Waals surface area contributed by atoms with Gasteiger partial charge >= 0.3 is 0 Å². The average Bonchev–Trinajstić information content (AvgIpc) is 3.44. The molecule has 0 aliphatic rings. The van der Waals surface area contributed by atoms with Crippen molar-refractivity contribution in [1.82, 2.24) is 29.5 Å². The molecular weight excluding hydrogens is 424 g/mol. The van der Waals surface area contributed by atoms with E-state index >= 15 is 0 Å². The molecule has 0 spiro atoms. The van der Waals surface area contributed by atoms with Crippen molar-refractivity contribution in [3.05, 3.63) is 97.5 Å². The van der Waals surface area contributed by atoms with Gasteiger partial charge in [-0.25, -0.2) is 19.5 Å². The zero-order chi connectivity index (χ0) is 22.5. The summed E-state index contributed by atoms with van der Waals surface area (Å²) in [4.78, 5) is 23.4. The van der Waals surface area contributed by atoms with Gasteiger partial charge in [-0.1, -0.05) is 78.9 Å². The standard InChI is InChI=1S/C27H16N6O/c1-3-9-17(10-4-1)24-30-25(18-11-5-2-6-12-18)32-27(31-24)33-20-15-28-16-29-23(20)22-19-13-7-8-14-21(19)34-26(22)33/h1-16H. The predicted molar refractivity (Wildman–Crippen MR) is 130 cm³/mol. The summed E-state index contributed by atoms with van der Waals surface area (Å²) in [5.74, 6) is 1.60. The highest BCUT2D eigenvalue weighted by Crippen LogP contribution is 2.37. The summed E-state index contributed by atoms with van der Waals surface area (Å²) >= 11 is 0. The van der Waals surface area contributed by atoms with E-state index in [0.717, 1.165) is 38.5 Å². The summed E-state index contributed by atoms with van der Waals surface area (Å²) < 4.78 is 8.19. The first kappa shape index (κ1) is 18.6. The Bertz CT molecular complexity index is 1750. The second-order valence-corrected chi connectivity index (χ2v) is 7.89. The van der Waals surface area contributed by atoms with Crippen LogP contribution in [-0.2, 0) is 0 Å². The highest BCUT2D eigenvalue weighted by Gasteiger charge is 2.23. The van der Waals surface area contributed by atoms with E-state index in [1.807, 2.05) is 89.5 Å². The SMILES string of the molecule is c1ccc(-c2nc(-c3ccccc3)nc(-n3c4cncnc4c4c5ccccc5oc43)n2)cc1. The van der Waals surface area contributed by atoms with E-state index in [1.165, 1.54) is 0 Å². The molecule has 160 valence electrons. The Morgan fingerprint density at radius 1 is 0.676 bits per heavy atom. The van der Waals surface area contributed by atoms with Gasteiger partial charge in [-0.2, -0.15) is 9.97 Å². The Morgan fingerprint density at radius 3 is 2.03 bits per heavy atom. The molecule has 7 aromatic rings. The van der Waals surface area contributed by atoms with Crippen molar-refractivity contribution in [2.75, 3.05) is 0 Å². The molecule has 4 aromatic heterocycles. The summed E-state index contributed by atoms with van der Waals surface area (Å²) in [5.41, 5.74) is 4.77. The van der Waals surface area contributed by atoms with Crippen molar-refractivity contribution in [3.8, 4) is 28.7 Å². The molecule has 0 aliphatic heterocycles. The second-order valence-electron chi connectivity index (χ2n) is 7.89. The van der Waals surface area contributed by atoms with E-state index < -0.39 is 0 Å². The third-order valence-corrected chi connectivity index (χ3v) is 5.84. The van der Waals surface area contributed by atoms with Crippen molar-refractivity contribution in [2.24, 2.45) is 0 Å². The maximum Gasteiger partial charge on any atom is 0.241 e. The van der Waals surface area contributed by atoms with Gasteiger partial charge in [0.1, 0.15) is 17.4 Å². The maximum atomic E-state index is 6.31. The average molecular weight is 440 g/mol. The van der Waals surface area contributed by atoms with Gasteiger partial charge in [0.05, 0.1) is 17.1 Å². The second kappa shape index (κ2) is 7.31. The van der Waals surface area contributed by atoms with E-state index in [-0.39, 0.29) is 0 Å². The molecule has 7 heteroatoms. The van der Waals surface area contributed by atoms with Crippen LogP contribution in [-0.4, -0.2) is 29.5 Å². The number of hydrogen-bond acceptors (Lipinski definition) is 6. The first-order valence-electron chi connectivity index (χ1n) is 10.9. The fraction of sp³-hybridized carbons (Fsp3) is 0. The van der Waals surface area contributed by atoms with Crippen molar-refractivity contribution >= 4 is 33.1 Å². The summed E-state index contributed by atoms with van der Waals surface area (Å²) in [7, 11) is 0. The van der Waals surface area contributed by atoms with Gasteiger partial charge in [-0.3, -0.25) is 0 Å². The maximum absolute atomic E-state index is 6.31. The van der Waals surface area contributed by atoms with Gasteiger partial charge in [0.25, 0.3) is 0 Å². The molecule has 0 N–H and O–H groups in total. The normalized spacial score (nSPS) is 11.5. The van der Waals surface area contributed by atoms with Crippen LogP contribution in [0.4, 0.5) is 0 Å². The van der Waals surface area contributed by atoms with Crippen LogP contribution in [0.3, 0.4) is 0 Å². The van der Waals surface area contributed by atoms with Crippen LogP contribution in [0.15, 0.2) is 102 Å². The van der Waals surface area contributed by atoms with E-state index in [2.05, 4.69) is 9.97 Å². The zero-order valence-corrected chi connectivity index (χ0v) is 17.8. The monoisotopic (exact) mass is 440 g/mol. The van der Waals surface area contributed by atoms with E-state index in [1.54, 1.807) is 12.5 Å². The predicted octanol–water partition coefficient (Wildman–Crippen LogP) is 5.84.